The van der Waals surface area contributed by atoms with Gasteiger partial charge in [-0.1, -0.05) is 12.1 Å². The first-order chi connectivity index (χ1) is 10.0. The van der Waals surface area contributed by atoms with Crippen molar-refractivity contribution in [2.45, 2.75) is 17.9 Å². The molecule has 0 bridgehead atoms. The predicted octanol–water partition coefficient (Wildman–Crippen LogP) is 1.83. The Hall–Kier alpha value is -2.02. The molecule has 1 fully saturated rings. The molecular weight excluding hydrogens is 290 g/mol. The smallest absolute Gasteiger partial charge is 0.407 e. The van der Waals surface area contributed by atoms with Crippen LogP contribution in [-0.2, 0) is 5.75 Å². The predicted molar refractivity (Wildman–Crippen MR) is 81.8 cm³/mol. The number of aromatic amines is 1. The molecule has 1 aromatic carbocycles. The third-order valence-electron chi connectivity index (χ3n) is 3.56. The zero-order valence-corrected chi connectivity index (χ0v) is 12.3. The second kappa shape index (κ2) is 5.40. The van der Waals surface area contributed by atoms with Crippen LogP contribution >= 0.6 is 11.8 Å². The van der Waals surface area contributed by atoms with Gasteiger partial charge in [0.05, 0.1) is 16.7 Å². The Morgan fingerprint density at radius 3 is 3.00 bits per heavy atom. The summed E-state index contributed by atoms with van der Waals surface area (Å²) in [5.74, 6) is 1.22. The van der Waals surface area contributed by atoms with E-state index >= 15 is 0 Å². The number of carbonyl (C=O) groups is 1. The minimum absolute atomic E-state index is 0.125. The van der Waals surface area contributed by atoms with Crippen LogP contribution in [0.15, 0.2) is 23.0 Å². The lowest BCUT2D eigenvalue weighted by atomic mass is 10.1. The molecule has 1 aliphatic heterocycles. The molecule has 0 atom stereocenters. The number of rotatable bonds is 3. The van der Waals surface area contributed by atoms with E-state index in [9.17, 15) is 9.59 Å². The number of carboxylic acid groups (broad SMARTS) is 1. The van der Waals surface area contributed by atoms with Crippen LogP contribution < -0.4 is 5.56 Å². The van der Waals surface area contributed by atoms with E-state index in [2.05, 4.69) is 9.97 Å². The summed E-state index contributed by atoms with van der Waals surface area (Å²) in [6.07, 6.45) is -0.875. The number of aryl methyl sites for hydroxylation is 1. The van der Waals surface area contributed by atoms with Crippen LogP contribution in [0.1, 0.15) is 11.4 Å². The Morgan fingerprint density at radius 2 is 2.29 bits per heavy atom. The molecule has 3 rings (SSSR count). The topological polar surface area (TPSA) is 86.3 Å². The molecule has 0 spiro atoms. The third kappa shape index (κ3) is 2.73. The number of fused-ring (bicyclic) bond motifs is 1. The van der Waals surface area contributed by atoms with Gasteiger partial charge in [0, 0.05) is 18.3 Å². The molecule has 1 aromatic heterocycles. The maximum atomic E-state index is 12.0. The normalized spacial score (nSPS) is 15.2. The minimum atomic E-state index is -0.875. The van der Waals surface area contributed by atoms with Crippen molar-refractivity contribution in [1.29, 1.82) is 0 Å². The minimum Gasteiger partial charge on any atom is -0.465 e. The van der Waals surface area contributed by atoms with Gasteiger partial charge in [-0.3, -0.25) is 4.79 Å². The lowest BCUT2D eigenvalue weighted by molar-refractivity contribution is 0.121. The van der Waals surface area contributed by atoms with Gasteiger partial charge in [0.1, 0.15) is 5.82 Å². The molecular formula is C14H15N3O3S. The monoisotopic (exact) mass is 305 g/mol. The van der Waals surface area contributed by atoms with Gasteiger partial charge in [-0.05, 0) is 18.6 Å². The number of nitrogens with zero attached hydrogens (tertiary/aromatic N) is 2. The number of amides is 1. The van der Waals surface area contributed by atoms with Crippen LogP contribution in [0.4, 0.5) is 4.79 Å². The highest BCUT2D eigenvalue weighted by atomic mass is 32.2. The fraction of sp³-hybridized carbons (Fsp3) is 0.357. The van der Waals surface area contributed by atoms with Gasteiger partial charge < -0.3 is 15.0 Å². The van der Waals surface area contributed by atoms with Crippen molar-refractivity contribution >= 4 is 28.8 Å². The third-order valence-corrected chi connectivity index (χ3v) is 4.77. The highest BCUT2D eigenvalue weighted by Crippen LogP contribution is 2.25. The summed E-state index contributed by atoms with van der Waals surface area (Å²) in [4.78, 5) is 31.4. The number of benzene rings is 1. The lowest BCUT2D eigenvalue weighted by Crippen LogP contribution is -2.51. The molecule has 1 amide bonds. The highest BCUT2D eigenvalue weighted by molar-refractivity contribution is 7.99. The average Bonchev–Trinajstić information content (AvgIpc) is 2.38. The summed E-state index contributed by atoms with van der Waals surface area (Å²) >= 11 is 1.62. The summed E-state index contributed by atoms with van der Waals surface area (Å²) in [5.41, 5.74) is 1.59. The van der Waals surface area contributed by atoms with Crippen LogP contribution in [0.25, 0.3) is 10.9 Å². The Kier molecular flexibility index (Phi) is 3.59. The summed E-state index contributed by atoms with van der Waals surface area (Å²) in [6, 6.07) is 5.54. The lowest BCUT2D eigenvalue weighted by Gasteiger charge is -2.36. The molecule has 0 saturated carbocycles. The fourth-order valence-electron chi connectivity index (χ4n) is 2.32. The van der Waals surface area contributed by atoms with Gasteiger partial charge in [0.2, 0.25) is 0 Å². The van der Waals surface area contributed by atoms with Gasteiger partial charge in [-0.25, -0.2) is 9.78 Å². The summed E-state index contributed by atoms with van der Waals surface area (Å²) in [7, 11) is 0. The molecule has 0 radical (unpaired) electrons. The molecule has 1 aliphatic rings. The Balaban J connectivity index is 1.72. The van der Waals surface area contributed by atoms with Gasteiger partial charge >= 0.3 is 6.09 Å². The molecule has 2 N–H and O–H groups in total. The Morgan fingerprint density at radius 1 is 1.52 bits per heavy atom. The zero-order chi connectivity index (χ0) is 15.0. The van der Waals surface area contributed by atoms with E-state index in [1.807, 2.05) is 19.1 Å². The summed E-state index contributed by atoms with van der Waals surface area (Å²) < 4.78 is 0. The van der Waals surface area contributed by atoms with Crippen molar-refractivity contribution < 1.29 is 9.90 Å². The number of likely N-dealkylation sites (tertiary alicyclic amines) is 1. The van der Waals surface area contributed by atoms with Crippen LogP contribution in [0.5, 0.6) is 0 Å². The molecule has 110 valence electrons. The first-order valence-electron chi connectivity index (χ1n) is 6.62. The second-order valence-corrected chi connectivity index (χ2v) is 6.39. The zero-order valence-electron chi connectivity index (χ0n) is 11.5. The van der Waals surface area contributed by atoms with Crippen LogP contribution in [0, 0.1) is 6.92 Å². The van der Waals surface area contributed by atoms with E-state index in [-0.39, 0.29) is 10.8 Å². The number of para-hydroxylation sites is 1. The van der Waals surface area contributed by atoms with Crippen molar-refractivity contribution in [1.82, 2.24) is 14.9 Å². The molecule has 21 heavy (non-hydrogen) atoms. The Bertz CT molecular complexity index is 753. The van der Waals surface area contributed by atoms with Crippen molar-refractivity contribution in [3.63, 3.8) is 0 Å². The van der Waals surface area contributed by atoms with Crippen LogP contribution in [0.3, 0.4) is 0 Å². The van der Waals surface area contributed by atoms with E-state index in [0.717, 1.165) is 11.1 Å². The second-order valence-electron chi connectivity index (χ2n) is 5.10. The van der Waals surface area contributed by atoms with E-state index in [1.54, 1.807) is 17.8 Å². The maximum Gasteiger partial charge on any atom is 0.407 e. The van der Waals surface area contributed by atoms with Crippen LogP contribution in [-0.4, -0.2) is 44.4 Å². The molecule has 6 nitrogen and oxygen atoms in total. The first-order valence-corrected chi connectivity index (χ1v) is 7.67. The van der Waals surface area contributed by atoms with Gasteiger partial charge in [-0.2, -0.15) is 0 Å². The van der Waals surface area contributed by atoms with Crippen molar-refractivity contribution in [2.24, 2.45) is 0 Å². The quantitative estimate of drug-likeness (QED) is 0.903. The van der Waals surface area contributed by atoms with E-state index < -0.39 is 6.09 Å². The molecule has 7 heteroatoms. The first kappa shape index (κ1) is 13.9. The van der Waals surface area contributed by atoms with E-state index in [0.29, 0.717) is 30.1 Å². The number of nitrogens with one attached hydrogen (secondary N) is 1. The Labute approximate surface area is 125 Å². The number of H-pyrrole nitrogens is 1. The van der Waals surface area contributed by atoms with Gasteiger partial charge in [0.25, 0.3) is 5.56 Å². The van der Waals surface area contributed by atoms with E-state index in [1.165, 1.54) is 4.90 Å². The molecule has 0 unspecified atom stereocenters. The number of aromatic nitrogens is 2. The SMILES string of the molecule is Cc1cccc2c(=O)[nH]c(CSC3CN(C(=O)O)C3)nc12. The van der Waals surface area contributed by atoms with Crippen molar-refractivity contribution in [3.05, 3.63) is 39.9 Å². The largest absolute Gasteiger partial charge is 0.465 e. The summed E-state index contributed by atoms with van der Waals surface area (Å²) in [5, 5.41) is 9.66. The molecule has 0 aliphatic carbocycles. The standard InChI is InChI=1S/C14H15N3O3S/c1-8-3-2-4-10-12(8)15-11(16-13(10)18)7-21-9-5-17(6-9)14(19)20/h2-4,9H,5-7H2,1H3,(H,19,20)(H,15,16,18). The van der Waals surface area contributed by atoms with E-state index in [4.69, 9.17) is 5.11 Å². The van der Waals surface area contributed by atoms with Gasteiger partial charge in [-0.15, -0.1) is 11.8 Å². The maximum absolute atomic E-state index is 12.0. The number of thioether (sulfide) groups is 1. The number of hydrogen-bond acceptors (Lipinski definition) is 4. The molecule has 2 aromatic rings. The summed E-state index contributed by atoms with van der Waals surface area (Å²) in [6.45, 7) is 3.01. The highest BCUT2D eigenvalue weighted by Gasteiger charge is 2.30. The average molecular weight is 305 g/mol. The molecule has 1 saturated heterocycles. The van der Waals surface area contributed by atoms with Crippen LogP contribution in [0.2, 0.25) is 0 Å². The number of hydrogen-bond donors (Lipinski definition) is 2. The van der Waals surface area contributed by atoms with Gasteiger partial charge in [0.15, 0.2) is 0 Å². The fourth-order valence-corrected chi connectivity index (χ4v) is 3.42. The van der Waals surface area contributed by atoms with Crippen molar-refractivity contribution in [2.75, 3.05) is 13.1 Å². The molecule has 2 heterocycles. The van der Waals surface area contributed by atoms with Crippen molar-refractivity contribution in [3.8, 4) is 0 Å².